The molecule has 0 spiro atoms. The van der Waals surface area contributed by atoms with Crippen LogP contribution in [0.2, 0.25) is 0 Å². The Morgan fingerprint density at radius 1 is 1.39 bits per heavy atom. The van der Waals surface area contributed by atoms with Crippen molar-refractivity contribution in [3.8, 4) is 0 Å². The molecule has 0 radical (unpaired) electrons. The second-order valence-electron chi connectivity index (χ2n) is 3.87. The van der Waals surface area contributed by atoms with Gasteiger partial charge in [0.2, 0.25) is 5.91 Å². The number of carbonyl (C=O) groups excluding carboxylic acids is 1. The number of amides is 1. The summed E-state index contributed by atoms with van der Waals surface area (Å²) >= 11 is 1.31. The average molecular weight is 264 g/mol. The number of carboxylic acids is 1. The predicted octanol–water partition coefficient (Wildman–Crippen LogP) is 2.12. The first-order chi connectivity index (χ1) is 8.50. The Balaban J connectivity index is 2.48. The maximum Gasteiger partial charge on any atom is 0.326 e. The molecule has 18 heavy (non-hydrogen) atoms. The molecule has 0 aliphatic rings. The van der Waals surface area contributed by atoms with Crippen LogP contribution in [0.3, 0.4) is 0 Å². The fraction of sp³-hybridized carbons (Fsp3) is 0.250. The van der Waals surface area contributed by atoms with E-state index >= 15 is 0 Å². The number of benzene rings is 1. The first kappa shape index (κ1) is 12.5. The Hall–Kier alpha value is -1.95. The summed E-state index contributed by atoms with van der Waals surface area (Å²) in [4.78, 5) is 28.1. The van der Waals surface area contributed by atoms with Crippen LogP contribution in [0.1, 0.15) is 13.8 Å². The van der Waals surface area contributed by atoms with Gasteiger partial charge in [-0.25, -0.2) is 9.78 Å². The van der Waals surface area contributed by atoms with Crippen molar-refractivity contribution in [1.82, 2.24) is 4.98 Å². The summed E-state index contributed by atoms with van der Waals surface area (Å²) in [6.45, 7) is 2.81. The molecule has 1 unspecified atom stereocenters. The molecule has 1 N–H and O–H groups in total. The molecule has 0 fully saturated rings. The van der Waals surface area contributed by atoms with Crippen molar-refractivity contribution in [2.45, 2.75) is 19.9 Å². The number of para-hydroxylation sites is 1. The maximum atomic E-state index is 11.6. The lowest BCUT2D eigenvalue weighted by Gasteiger charge is -2.21. The first-order valence-corrected chi connectivity index (χ1v) is 6.20. The van der Waals surface area contributed by atoms with Gasteiger partial charge in [0.25, 0.3) is 0 Å². The minimum absolute atomic E-state index is 0.330. The first-order valence-electron chi connectivity index (χ1n) is 5.39. The second kappa shape index (κ2) is 4.73. The number of aliphatic carboxylic acids is 1. The summed E-state index contributed by atoms with van der Waals surface area (Å²) in [6, 6.07) is 6.52. The number of carboxylic acid groups (broad SMARTS) is 1. The van der Waals surface area contributed by atoms with E-state index in [4.69, 9.17) is 5.11 Å². The molecule has 0 saturated carbocycles. The number of nitrogens with zero attached hydrogens (tertiary/aromatic N) is 2. The summed E-state index contributed by atoms with van der Waals surface area (Å²) < 4.78 is 0.927. The third-order valence-electron chi connectivity index (χ3n) is 2.57. The van der Waals surface area contributed by atoms with E-state index in [9.17, 15) is 9.59 Å². The lowest BCUT2D eigenvalue weighted by atomic mass is 10.3. The van der Waals surface area contributed by atoms with E-state index in [1.54, 1.807) is 0 Å². The summed E-state index contributed by atoms with van der Waals surface area (Å²) in [5, 5.41) is 9.44. The topological polar surface area (TPSA) is 70.5 Å². The zero-order chi connectivity index (χ0) is 13.3. The molecule has 1 atom stereocenters. The van der Waals surface area contributed by atoms with Gasteiger partial charge in [-0.1, -0.05) is 23.5 Å². The molecule has 0 aliphatic carbocycles. The molecule has 0 bridgehead atoms. The van der Waals surface area contributed by atoms with Crippen LogP contribution in [0.25, 0.3) is 10.2 Å². The molecule has 0 aliphatic heterocycles. The number of anilines is 1. The van der Waals surface area contributed by atoms with E-state index in [0.717, 1.165) is 10.2 Å². The zero-order valence-electron chi connectivity index (χ0n) is 9.95. The molecule has 1 amide bonds. The Bertz CT molecular complexity index is 575. The zero-order valence-corrected chi connectivity index (χ0v) is 10.8. The Morgan fingerprint density at radius 2 is 2.06 bits per heavy atom. The van der Waals surface area contributed by atoms with Crippen molar-refractivity contribution < 1.29 is 14.7 Å². The van der Waals surface area contributed by atoms with Crippen molar-refractivity contribution in [3.05, 3.63) is 24.3 Å². The fourth-order valence-electron chi connectivity index (χ4n) is 1.65. The minimum Gasteiger partial charge on any atom is -0.480 e. The Kier molecular flexibility index (Phi) is 3.29. The minimum atomic E-state index is -1.05. The third-order valence-corrected chi connectivity index (χ3v) is 3.61. The number of thiazole rings is 1. The number of hydrogen-bond donors (Lipinski definition) is 1. The molecule has 5 nitrogen and oxygen atoms in total. The van der Waals surface area contributed by atoms with Gasteiger partial charge in [-0.2, -0.15) is 0 Å². The molecule has 1 aromatic heterocycles. The number of carbonyl (C=O) groups is 2. The third kappa shape index (κ3) is 2.19. The van der Waals surface area contributed by atoms with Crippen LogP contribution < -0.4 is 4.90 Å². The number of aromatic nitrogens is 1. The summed E-state index contributed by atoms with van der Waals surface area (Å²) in [5.41, 5.74) is 0.765. The molecule has 2 aromatic rings. The van der Waals surface area contributed by atoms with Gasteiger partial charge >= 0.3 is 5.97 Å². The van der Waals surface area contributed by atoms with E-state index in [0.29, 0.717) is 5.13 Å². The van der Waals surface area contributed by atoms with Crippen molar-refractivity contribution in [1.29, 1.82) is 0 Å². The summed E-state index contributed by atoms with van der Waals surface area (Å²) in [6.07, 6.45) is 0. The average Bonchev–Trinajstić information content (AvgIpc) is 2.71. The van der Waals surface area contributed by atoms with Crippen molar-refractivity contribution in [3.63, 3.8) is 0 Å². The SMILES string of the molecule is CC(=O)N(c1nc2ccccc2s1)C(C)C(=O)O. The largest absolute Gasteiger partial charge is 0.480 e. The van der Waals surface area contributed by atoms with Gasteiger partial charge in [-0.3, -0.25) is 9.69 Å². The number of hydrogen-bond acceptors (Lipinski definition) is 4. The van der Waals surface area contributed by atoms with Crippen LogP contribution in [0.15, 0.2) is 24.3 Å². The predicted molar refractivity (Wildman–Crippen MR) is 69.9 cm³/mol. The molecule has 2 rings (SSSR count). The van der Waals surface area contributed by atoms with Crippen LogP contribution in [0.4, 0.5) is 5.13 Å². The van der Waals surface area contributed by atoms with Crippen molar-refractivity contribution in [2.75, 3.05) is 4.90 Å². The fourth-order valence-corrected chi connectivity index (χ4v) is 2.74. The highest BCUT2D eigenvalue weighted by Gasteiger charge is 2.27. The van der Waals surface area contributed by atoms with E-state index in [-0.39, 0.29) is 5.91 Å². The molecule has 94 valence electrons. The van der Waals surface area contributed by atoms with Crippen LogP contribution >= 0.6 is 11.3 Å². The summed E-state index contributed by atoms with van der Waals surface area (Å²) in [5.74, 6) is -1.38. The summed E-state index contributed by atoms with van der Waals surface area (Å²) in [7, 11) is 0. The Morgan fingerprint density at radius 3 is 2.61 bits per heavy atom. The van der Waals surface area contributed by atoms with Crippen LogP contribution in [-0.2, 0) is 9.59 Å². The van der Waals surface area contributed by atoms with Crippen LogP contribution in [0, 0.1) is 0 Å². The molecule has 6 heteroatoms. The second-order valence-corrected chi connectivity index (χ2v) is 4.88. The lowest BCUT2D eigenvalue weighted by Crippen LogP contribution is -2.42. The van der Waals surface area contributed by atoms with E-state index < -0.39 is 12.0 Å². The highest BCUT2D eigenvalue weighted by molar-refractivity contribution is 7.22. The molecular formula is C12H12N2O3S. The number of rotatable bonds is 3. The van der Waals surface area contributed by atoms with E-state index in [1.165, 1.54) is 30.1 Å². The molecule has 1 aromatic carbocycles. The lowest BCUT2D eigenvalue weighted by molar-refractivity contribution is -0.139. The smallest absolute Gasteiger partial charge is 0.326 e. The van der Waals surface area contributed by atoms with Crippen molar-refractivity contribution in [2.24, 2.45) is 0 Å². The highest BCUT2D eigenvalue weighted by atomic mass is 32.1. The van der Waals surface area contributed by atoms with Crippen LogP contribution in [0.5, 0.6) is 0 Å². The highest BCUT2D eigenvalue weighted by Crippen LogP contribution is 2.29. The van der Waals surface area contributed by atoms with Gasteiger partial charge in [0, 0.05) is 6.92 Å². The normalized spacial score (nSPS) is 12.3. The monoisotopic (exact) mass is 264 g/mol. The molecule has 0 saturated heterocycles. The van der Waals surface area contributed by atoms with Gasteiger partial charge in [0.15, 0.2) is 5.13 Å². The quantitative estimate of drug-likeness (QED) is 0.921. The van der Waals surface area contributed by atoms with E-state index in [2.05, 4.69) is 4.98 Å². The molecule has 1 heterocycles. The molecular weight excluding hydrogens is 252 g/mol. The Labute approximate surface area is 108 Å². The van der Waals surface area contributed by atoms with Crippen molar-refractivity contribution >= 4 is 38.6 Å². The van der Waals surface area contributed by atoms with Gasteiger partial charge in [0.05, 0.1) is 10.2 Å². The van der Waals surface area contributed by atoms with Gasteiger partial charge in [-0.15, -0.1) is 0 Å². The van der Waals surface area contributed by atoms with Crippen LogP contribution in [-0.4, -0.2) is 28.0 Å². The van der Waals surface area contributed by atoms with Gasteiger partial charge in [-0.05, 0) is 19.1 Å². The van der Waals surface area contributed by atoms with E-state index in [1.807, 2.05) is 24.3 Å². The van der Waals surface area contributed by atoms with Gasteiger partial charge < -0.3 is 5.11 Å². The standard InChI is InChI=1S/C12H12N2O3S/c1-7(11(16)17)14(8(2)15)12-13-9-5-3-4-6-10(9)18-12/h3-7H,1-2H3,(H,16,17). The maximum absolute atomic E-state index is 11.6. The van der Waals surface area contributed by atoms with Gasteiger partial charge in [0.1, 0.15) is 6.04 Å². The number of fused-ring (bicyclic) bond motifs is 1.